The van der Waals surface area contributed by atoms with E-state index in [0.29, 0.717) is 6.04 Å². The summed E-state index contributed by atoms with van der Waals surface area (Å²) in [4.78, 5) is 4.94. The summed E-state index contributed by atoms with van der Waals surface area (Å²) in [6, 6.07) is 8.72. The highest BCUT2D eigenvalue weighted by molar-refractivity contribution is 6.07. The second kappa shape index (κ2) is 7.50. The quantitative estimate of drug-likeness (QED) is 0.512. The van der Waals surface area contributed by atoms with Crippen LogP contribution in [0, 0.1) is 5.92 Å². The lowest BCUT2D eigenvalue weighted by Crippen LogP contribution is -2.27. The molecule has 4 aromatic rings. The molecule has 3 aromatic heterocycles. The zero-order valence-corrected chi connectivity index (χ0v) is 17.2. The van der Waals surface area contributed by atoms with Crippen molar-refractivity contribution in [3.8, 4) is 5.69 Å². The van der Waals surface area contributed by atoms with Gasteiger partial charge in [0, 0.05) is 30.4 Å². The lowest BCUT2D eigenvalue weighted by molar-refractivity contribution is 0.328. The van der Waals surface area contributed by atoms with Gasteiger partial charge >= 0.3 is 0 Å². The molecule has 1 aliphatic carbocycles. The molecule has 6 heteroatoms. The van der Waals surface area contributed by atoms with Gasteiger partial charge in [0.1, 0.15) is 0 Å². The molecule has 1 aliphatic rings. The van der Waals surface area contributed by atoms with Gasteiger partial charge in [-0.15, -0.1) is 0 Å². The Bertz CT molecular complexity index is 1120. The van der Waals surface area contributed by atoms with E-state index in [1.807, 2.05) is 27.8 Å². The average molecular weight is 389 g/mol. The summed E-state index contributed by atoms with van der Waals surface area (Å²) in [6.07, 6.45) is 12.4. The highest BCUT2D eigenvalue weighted by atomic mass is 15.3. The van der Waals surface area contributed by atoms with Crippen LogP contribution in [-0.2, 0) is 6.54 Å². The largest absolute Gasteiger partial charge is 0.381 e. The van der Waals surface area contributed by atoms with E-state index in [1.165, 1.54) is 32.1 Å². The van der Waals surface area contributed by atoms with Gasteiger partial charge in [0.15, 0.2) is 5.65 Å². The van der Waals surface area contributed by atoms with Crippen molar-refractivity contribution in [3.63, 3.8) is 0 Å². The Morgan fingerprint density at radius 2 is 2.00 bits per heavy atom. The normalized spacial score (nSPS) is 16.5. The summed E-state index contributed by atoms with van der Waals surface area (Å²) in [5.41, 5.74) is 4.13. The second-order valence-electron chi connectivity index (χ2n) is 8.17. The third kappa shape index (κ3) is 3.26. The zero-order chi connectivity index (χ0) is 19.8. The number of aryl methyl sites for hydroxylation is 1. The van der Waals surface area contributed by atoms with Crippen molar-refractivity contribution in [2.75, 3.05) is 5.32 Å². The smallest absolute Gasteiger partial charge is 0.160 e. The number of nitrogens with zero attached hydrogens (tertiary/aromatic N) is 5. The number of aromatic nitrogens is 5. The minimum Gasteiger partial charge on any atom is -0.381 e. The Morgan fingerprint density at radius 3 is 2.76 bits per heavy atom. The van der Waals surface area contributed by atoms with Gasteiger partial charge in [-0.1, -0.05) is 19.3 Å². The van der Waals surface area contributed by atoms with Crippen LogP contribution in [-0.4, -0.2) is 30.6 Å². The van der Waals surface area contributed by atoms with Crippen LogP contribution in [0.2, 0.25) is 0 Å². The summed E-state index contributed by atoms with van der Waals surface area (Å²) >= 11 is 0. The highest BCUT2D eigenvalue weighted by Gasteiger charge is 2.22. The topological polar surface area (TPSA) is 60.6 Å². The number of anilines is 1. The van der Waals surface area contributed by atoms with Gasteiger partial charge in [0.25, 0.3) is 0 Å². The van der Waals surface area contributed by atoms with Gasteiger partial charge in [0.2, 0.25) is 0 Å². The molecular formula is C23H28N6. The fourth-order valence-corrected chi connectivity index (χ4v) is 4.68. The van der Waals surface area contributed by atoms with Crippen LogP contribution in [0.3, 0.4) is 0 Å². The zero-order valence-electron chi connectivity index (χ0n) is 17.2. The van der Waals surface area contributed by atoms with Gasteiger partial charge in [-0.05, 0) is 56.9 Å². The van der Waals surface area contributed by atoms with E-state index in [4.69, 9.17) is 4.98 Å². The molecule has 1 N–H and O–H groups in total. The first-order valence-corrected chi connectivity index (χ1v) is 10.8. The Labute approximate surface area is 170 Å². The Kier molecular flexibility index (Phi) is 4.70. The number of hydrogen-bond acceptors (Lipinski definition) is 4. The minimum atomic E-state index is 0.419. The van der Waals surface area contributed by atoms with E-state index in [0.717, 1.165) is 45.8 Å². The first-order chi connectivity index (χ1) is 14.2. The maximum absolute atomic E-state index is 4.94. The van der Waals surface area contributed by atoms with Gasteiger partial charge in [-0.25, -0.2) is 14.3 Å². The Hall–Kier alpha value is -2.89. The first-order valence-electron chi connectivity index (χ1n) is 10.8. The summed E-state index contributed by atoms with van der Waals surface area (Å²) in [6.45, 7) is 5.25. The van der Waals surface area contributed by atoms with Crippen molar-refractivity contribution in [2.24, 2.45) is 5.92 Å². The number of nitrogens with one attached hydrogen (secondary N) is 1. The molecule has 0 saturated heterocycles. The predicted molar refractivity (Wildman–Crippen MR) is 117 cm³/mol. The van der Waals surface area contributed by atoms with E-state index < -0.39 is 0 Å². The van der Waals surface area contributed by atoms with Crippen LogP contribution >= 0.6 is 0 Å². The van der Waals surface area contributed by atoms with E-state index in [2.05, 4.69) is 47.6 Å². The molecule has 0 spiro atoms. The molecule has 6 nitrogen and oxygen atoms in total. The molecule has 0 radical (unpaired) electrons. The molecule has 0 amide bonds. The van der Waals surface area contributed by atoms with Crippen LogP contribution in [0.25, 0.3) is 27.6 Å². The molecule has 5 rings (SSSR count). The third-order valence-corrected chi connectivity index (χ3v) is 6.35. The van der Waals surface area contributed by atoms with Crippen molar-refractivity contribution < 1.29 is 0 Å². The van der Waals surface area contributed by atoms with Crippen molar-refractivity contribution in [1.29, 1.82) is 0 Å². The van der Waals surface area contributed by atoms with Gasteiger partial charge < -0.3 is 5.32 Å². The van der Waals surface area contributed by atoms with Crippen LogP contribution in [0.15, 0.2) is 42.9 Å². The Balaban J connectivity index is 1.65. The molecular weight excluding hydrogens is 360 g/mol. The molecule has 1 aromatic carbocycles. The number of fused-ring (bicyclic) bond motifs is 2. The van der Waals surface area contributed by atoms with E-state index in [1.54, 1.807) is 6.20 Å². The predicted octanol–water partition coefficient (Wildman–Crippen LogP) is 5.17. The van der Waals surface area contributed by atoms with Gasteiger partial charge in [-0.3, -0.25) is 0 Å². The standard InChI is InChI=1S/C23H28N6/c1-3-28-23-20(15-25-28)22(26-16(2)17-8-5-4-6-9-17)19-14-18(10-11-21(19)27-23)29-13-7-12-24-29/h7,10-17H,3-6,8-9H2,1-2H3,(H,26,27)/t16-/m0/s1. The minimum absolute atomic E-state index is 0.419. The molecule has 29 heavy (non-hydrogen) atoms. The van der Waals surface area contributed by atoms with Crippen molar-refractivity contribution >= 4 is 27.6 Å². The fourth-order valence-electron chi connectivity index (χ4n) is 4.68. The van der Waals surface area contributed by atoms with Crippen molar-refractivity contribution in [2.45, 2.75) is 58.5 Å². The monoisotopic (exact) mass is 388 g/mol. The molecule has 1 atom stereocenters. The lowest BCUT2D eigenvalue weighted by atomic mass is 9.84. The Morgan fingerprint density at radius 1 is 1.14 bits per heavy atom. The molecule has 3 heterocycles. The van der Waals surface area contributed by atoms with Gasteiger partial charge in [0.05, 0.1) is 28.5 Å². The van der Waals surface area contributed by atoms with Gasteiger partial charge in [-0.2, -0.15) is 10.2 Å². The number of benzene rings is 1. The lowest BCUT2D eigenvalue weighted by Gasteiger charge is -2.29. The summed E-state index contributed by atoms with van der Waals surface area (Å²) in [5.74, 6) is 0.720. The molecule has 1 fully saturated rings. The summed E-state index contributed by atoms with van der Waals surface area (Å²) in [7, 11) is 0. The maximum atomic E-state index is 4.94. The molecule has 0 unspecified atom stereocenters. The molecule has 150 valence electrons. The average Bonchev–Trinajstić information content (AvgIpc) is 3.44. The van der Waals surface area contributed by atoms with Crippen LogP contribution in [0.1, 0.15) is 46.0 Å². The van der Waals surface area contributed by atoms with E-state index in [-0.39, 0.29) is 0 Å². The third-order valence-electron chi connectivity index (χ3n) is 6.35. The summed E-state index contributed by atoms with van der Waals surface area (Å²) < 4.78 is 3.88. The van der Waals surface area contributed by atoms with Crippen LogP contribution < -0.4 is 5.32 Å². The summed E-state index contributed by atoms with van der Waals surface area (Å²) in [5, 5.41) is 15.1. The van der Waals surface area contributed by atoms with E-state index in [9.17, 15) is 0 Å². The van der Waals surface area contributed by atoms with Crippen molar-refractivity contribution in [3.05, 3.63) is 42.9 Å². The fraction of sp³-hybridized carbons (Fsp3) is 0.435. The number of hydrogen-bond donors (Lipinski definition) is 1. The van der Waals surface area contributed by atoms with E-state index >= 15 is 0 Å². The number of pyridine rings is 1. The SMILES string of the molecule is CCn1ncc2c(N[C@@H](C)C3CCCCC3)c3cc(-n4cccn4)ccc3nc21. The maximum Gasteiger partial charge on any atom is 0.160 e. The molecule has 0 bridgehead atoms. The highest BCUT2D eigenvalue weighted by Crippen LogP contribution is 2.35. The first kappa shape index (κ1) is 18.2. The van der Waals surface area contributed by atoms with Crippen LogP contribution in [0.5, 0.6) is 0 Å². The van der Waals surface area contributed by atoms with Crippen LogP contribution in [0.4, 0.5) is 5.69 Å². The molecule has 1 saturated carbocycles. The van der Waals surface area contributed by atoms with Crippen molar-refractivity contribution in [1.82, 2.24) is 24.5 Å². The second-order valence-corrected chi connectivity index (χ2v) is 8.17. The number of rotatable bonds is 5. The molecule has 0 aliphatic heterocycles.